The van der Waals surface area contributed by atoms with E-state index in [0.717, 1.165) is 6.42 Å². The minimum Gasteiger partial charge on any atom is -0.459 e. The minimum atomic E-state index is -0.297. The van der Waals surface area contributed by atoms with Crippen LogP contribution in [0.25, 0.3) is 0 Å². The van der Waals surface area contributed by atoms with E-state index < -0.39 is 0 Å². The molecule has 0 radical (unpaired) electrons. The second-order valence-corrected chi connectivity index (χ2v) is 4.14. The summed E-state index contributed by atoms with van der Waals surface area (Å²) in [7, 11) is 0. The van der Waals surface area contributed by atoms with Gasteiger partial charge in [-0.2, -0.15) is 0 Å². The molecular formula is C10H12O3. The van der Waals surface area contributed by atoms with Crippen molar-refractivity contribution in [3.63, 3.8) is 0 Å². The van der Waals surface area contributed by atoms with E-state index in [9.17, 15) is 4.79 Å². The van der Waals surface area contributed by atoms with E-state index in [2.05, 4.69) is 6.58 Å². The van der Waals surface area contributed by atoms with Gasteiger partial charge >= 0.3 is 5.97 Å². The molecule has 2 saturated carbocycles. The zero-order chi connectivity index (χ0) is 9.00. The van der Waals surface area contributed by atoms with Gasteiger partial charge in [0, 0.05) is 12.0 Å². The SMILES string of the molecule is C=CC(=O)OC1CC2CC1C1OC21. The van der Waals surface area contributed by atoms with E-state index in [4.69, 9.17) is 9.47 Å². The molecule has 3 nitrogen and oxygen atoms in total. The maximum Gasteiger partial charge on any atom is 0.330 e. The number of hydrogen-bond donors (Lipinski definition) is 0. The van der Waals surface area contributed by atoms with Gasteiger partial charge in [0.2, 0.25) is 0 Å². The van der Waals surface area contributed by atoms with Crippen LogP contribution < -0.4 is 0 Å². The molecule has 1 saturated heterocycles. The molecule has 3 heteroatoms. The molecule has 1 heterocycles. The van der Waals surface area contributed by atoms with E-state index in [0.29, 0.717) is 24.0 Å². The Bertz CT molecular complexity index is 273. The molecule has 2 bridgehead atoms. The van der Waals surface area contributed by atoms with Gasteiger partial charge in [0.1, 0.15) is 6.10 Å². The predicted octanol–water partition coefficient (Wildman–Crippen LogP) is 0.891. The standard InChI is InChI=1S/C10H12O3/c1-2-8(11)12-7-4-5-3-6(7)10-9(5)13-10/h2,5-7,9-10H,1,3-4H2. The summed E-state index contributed by atoms with van der Waals surface area (Å²) in [5.41, 5.74) is 0. The molecule has 70 valence electrons. The fourth-order valence-corrected chi connectivity index (χ4v) is 2.88. The van der Waals surface area contributed by atoms with Gasteiger partial charge in [0.05, 0.1) is 12.2 Å². The largest absolute Gasteiger partial charge is 0.459 e. The van der Waals surface area contributed by atoms with E-state index in [1.165, 1.54) is 12.5 Å². The normalized spacial score (nSPS) is 50.0. The maximum absolute atomic E-state index is 11.0. The highest BCUT2D eigenvalue weighted by Crippen LogP contribution is 2.57. The molecule has 3 fully saturated rings. The quantitative estimate of drug-likeness (QED) is 0.360. The highest BCUT2D eigenvalue weighted by atomic mass is 16.6. The number of fused-ring (bicyclic) bond motifs is 5. The molecular weight excluding hydrogens is 168 g/mol. The summed E-state index contributed by atoms with van der Waals surface area (Å²) in [6, 6.07) is 0. The molecule has 0 spiro atoms. The van der Waals surface area contributed by atoms with E-state index in [1.807, 2.05) is 0 Å². The van der Waals surface area contributed by atoms with Gasteiger partial charge in [-0.25, -0.2) is 4.79 Å². The van der Waals surface area contributed by atoms with Gasteiger partial charge < -0.3 is 9.47 Å². The summed E-state index contributed by atoms with van der Waals surface area (Å²) in [5, 5.41) is 0. The molecule has 1 aliphatic heterocycles. The van der Waals surface area contributed by atoms with Gasteiger partial charge in [0.25, 0.3) is 0 Å². The van der Waals surface area contributed by atoms with Crippen LogP contribution >= 0.6 is 0 Å². The fraction of sp³-hybridized carbons (Fsp3) is 0.700. The topological polar surface area (TPSA) is 38.8 Å². The zero-order valence-electron chi connectivity index (χ0n) is 7.31. The van der Waals surface area contributed by atoms with Crippen LogP contribution in [0.15, 0.2) is 12.7 Å². The third-order valence-corrected chi connectivity index (χ3v) is 3.47. The Balaban J connectivity index is 1.68. The number of esters is 1. The van der Waals surface area contributed by atoms with Crippen molar-refractivity contribution in [1.82, 2.24) is 0 Å². The van der Waals surface area contributed by atoms with Crippen molar-refractivity contribution in [2.24, 2.45) is 11.8 Å². The number of rotatable bonds is 2. The lowest BCUT2D eigenvalue weighted by Crippen LogP contribution is -2.27. The minimum absolute atomic E-state index is 0.0965. The van der Waals surface area contributed by atoms with Crippen molar-refractivity contribution < 1.29 is 14.3 Å². The second kappa shape index (κ2) is 2.35. The van der Waals surface area contributed by atoms with Crippen LogP contribution in [0.2, 0.25) is 0 Å². The maximum atomic E-state index is 11.0. The average Bonchev–Trinajstić information content (AvgIpc) is 2.76. The number of epoxide rings is 1. The summed E-state index contributed by atoms with van der Waals surface area (Å²) in [4.78, 5) is 11.0. The molecule has 0 N–H and O–H groups in total. The van der Waals surface area contributed by atoms with Crippen LogP contribution in [0, 0.1) is 11.8 Å². The molecule has 0 aromatic carbocycles. The molecule has 0 amide bonds. The van der Waals surface area contributed by atoms with Crippen molar-refractivity contribution >= 4 is 5.97 Å². The van der Waals surface area contributed by atoms with Crippen LogP contribution in [0.5, 0.6) is 0 Å². The van der Waals surface area contributed by atoms with Crippen molar-refractivity contribution in [3.8, 4) is 0 Å². The summed E-state index contributed by atoms with van der Waals surface area (Å²) in [6.45, 7) is 3.39. The summed E-state index contributed by atoms with van der Waals surface area (Å²) in [5.74, 6) is 0.825. The number of carbonyl (C=O) groups is 1. The molecule has 5 atom stereocenters. The summed E-state index contributed by atoms with van der Waals surface area (Å²) >= 11 is 0. The first kappa shape index (κ1) is 7.56. The lowest BCUT2D eigenvalue weighted by molar-refractivity contribution is -0.145. The Morgan fingerprint density at radius 3 is 2.92 bits per heavy atom. The number of carbonyl (C=O) groups excluding carboxylic acids is 1. The van der Waals surface area contributed by atoms with Crippen LogP contribution in [0.4, 0.5) is 0 Å². The average molecular weight is 180 g/mol. The first-order valence-electron chi connectivity index (χ1n) is 4.78. The molecule has 0 aromatic heterocycles. The van der Waals surface area contributed by atoms with E-state index in [1.54, 1.807) is 0 Å². The molecule has 3 rings (SSSR count). The first-order valence-corrected chi connectivity index (χ1v) is 4.78. The predicted molar refractivity (Wildman–Crippen MR) is 45.0 cm³/mol. The molecule has 0 aromatic rings. The van der Waals surface area contributed by atoms with Gasteiger partial charge in [0.15, 0.2) is 0 Å². The molecule has 3 aliphatic rings. The van der Waals surface area contributed by atoms with Crippen molar-refractivity contribution in [2.75, 3.05) is 0 Å². The van der Waals surface area contributed by atoms with Crippen LogP contribution in [0.1, 0.15) is 12.8 Å². The van der Waals surface area contributed by atoms with Crippen molar-refractivity contribution in [2.45, 2.75) is 31.2 Å². The van der Waals surface area contributed by atoms with Gasteiger partial charge in [-0.1, -0.05) is 6.58 Å². The third kappa shape index (κ3) is 0.967. The molecule has 5 unspecified atom stereocenters. The lowest BCUT2D eigenvalue weighted by Gasteiger charge is -2.18. The van der Waals surface area contributed by atoms with Gasteiger partial charge in [-0.3, -0.25) is 0 Å². The summed E-state index contributed by atoms with van der Waals surface area (Å²) < 4.78 is 10.7. The zero-order valence-corrected chi connectivity index (χ0v) is 7.31. The lowest BCUT2D eigenvalue weighted by atomic mass is 9.98. The van der Waals surface area contributed by atoms with Crippen LogP contribution in [-0.4, -0.2) is 24.3 Å². The molecule has 2 aliphatic carbocycles. The first-order chi connectivity index (χ1) is 6.29. The third-order valence-electron chi connectivity index (χ3n) is 3.47. The fourth-order valence-electron chi connectivity index (χ4n) is 2.88. The van der Waals surface area contributed by atoms with Crippen LogP contribution in [-0.2, 0) is 14.3 Å². The highest BCUT2D eigenvalue weighted by Gasteiger charge is 2.64. The Morgan fingerprint density at radius 2 is 2.31 bits per heavy atom. The van der Waals surface area contributed by atoms with E-state index >= 15 is 0 Å². The van der Waals surface area contributed by atoms with Gasteiger partial charge in [-0.05, 0) is 18.8 Å². The summed E-state index contributed by atoms with van der Waals surface area (Å²) in [6.07, 6.45) is 4.41. The van der Waals surface area contributed by atoms with E-state index in [-0.39, 0.29) is 12.1 Å². The Kier molecular flexibility index (Phi) is 1.37. The number of hydrogen-bond acceptors (Lipinski definition) is 3. The van der Waals surface area contributed by atoms with Crippen molar-refractivity contribution in [1.29, 1.82) is 0 Å². The highest BCUT2D eigenvalue weighted by molar-refractivity contribution is 5.81. The van der Waals surface area contributed by atoms with Gasteiger partial charge in [-0.15, -0.1) is 0 Å². The van der Waals surface area contributed by atoms with Crippen LogP contribution in [0.3, 0.4) is 0 Å². The Hall–Kier alpha value is -0.830. The Morgan fingerprint density at radius 1 is 1.46 bits per heavy atom. The Labute approximate surface area is 76.7 Å². The second-order valence-electron chi connectivity index (χ2n) is 4.14. The smallest absolute Gasteiger partial charge is 0.330 e. The van der Waals surface area contributed by atoms with Crippen molar-refractivity contribution in [3.05, 3.63) is 12.7 Å². The molecule has 13 heavy (non-hydrogen) atoms. The number of ether oxygens (including phenoxy) is 2. The monoisotopic (exact) mass is 180 g/mol.